The van der Waals surface area contributed by atoms with Gasteiger partial charge >= 0.3 is 5.97 Å². The van der Waals surface area contributed by atoms with E-state index >= 15 is 0 Å². The maximum absolute atomic E-state index is 11.2. The minimum Gasteiger partial charge on any atom is -0.463 e. The Kier molecular flexibility index (Phi) is 17.4. The standard InChI is InChI=1S/C15H30O2.Ti/c1-4-5-6-7-8-9-10-11-12-13-15(16)17-14(2)3;/h14H,4-13H2,1-3H3;. The van der Waals surface area contributed by atoms with Crippen molar-refractivity contribution in [1.82, 2.24) is 0 Å². The molecule has 0 saturated carbocycles. The van der Waals surface area contributed by atoms with Crippen LogP contribution in [0.2, 0.25) is 0 Å². The van der Waals surface area contributed by atoms with E-state index in [1.165, 1.54) is 51.4 Å². The van der Waals surface area contributed by atoms with Gasteiger partial charge < -0.3 is 4.74 Å². The van der Waals surface area contributed by atoms with Crippen LogP contribution in [0.25, 0.3) is 0 Å². The minimum absolute atomic E-state index is 0. The van der Waals surface area contributed by atoms with Gasteiger partial charge in [-0.25, -0.2) is 0 Å². The third kappa shape index (κ3) is 16.2. The van der Waals surface area contributed by atoms with E-state index in [9.17, 15) is 4.79 Å². The van der Waals surface area contributed by atoms with Crippen molar-refractivity contribution in [3.8, 4) is 0 Å². The SMILES string of the molecule is CCCCCCCCCCCC(=O)OC(C)C.[Ti]. The van der Waals surface area contributed by atoms with Crippen molar-refractivity contribution in [2.24, 2.45) is 0 Å². The monoisotopic (exact) mass is 290 g/mol. The molecule has 0 rings (SSSR count). The minimum atomic E-state index is -0.0389. The Morgan fingerprint density at radius 1 is 0.889 bits per heavy atom. The van der Waals surface area contributed by atoms with E-state index in [1.807, 2.05) is 13.8 Å². The molecule has 18 heavy (non-hydrogen) atoms. The molecule has 0 spiro atoms. The van der Waals surface area contributed by atoms with Crippen molar-refractivity contribution < 1.29 is 31.2 Å². The Balaban J connectivity index is 0. The van der Waals surface area contributed by atoms with Crippen LogP contribution in [0.3, 0.4) is 0 Å². The Hall–Kier alpha value is 0.184. The summed E-state index contributed by atoms with van der Waals surface area (Å²) in [5.41, 5.74) is 0. The summed E-state index contributed by atoms with van der Waals surface area (Å²) < 4.78 is 5.08. The summed E-state index contributed by atoms with van der Waals surface area (Å²) in [5.74, 6) is -0.0389. The van der Waals surface area contributed by atoms with Crippen molar-refractivity contribution in [1.29, 1.82) is 0 Å². The molecule has 0 aromatic carbocycles. The zero-order valence-corrected chi connectivity index (χ0v) is 14.0. The molecule has 0 aromatic rings. The molecule has 3 heteroatoms. The predicted octanol–water partition coefficient (Wildman–Crippen LogP) is 4.86. The van der Waals surface area contributed by atoms with Crippen LogP contribution in [0.1, 0.15) is 85.0 Å². The molecule has 0 heterocycles. The van der Waals surface area contributed by atoms with E-state index in [0.717, 1.165) is 6.42 Å². The molecule has 0 aliphatic rings. The van der Waals surface area contributed by atoms with Crippen LogP contribution >= 0.6 is 0 Å². The van der Waals surface area contributed by atoms with Gasteiger partial charge in [-0.3, -0.25) is 4.79 Å². The van der Waals surface area contributed by atoms with Crippen LogP contribution in [-0.2, 0) is 31.2 Å². The molecule has 0 N–H and O–H groups in total. The third-order valence-electron chi connectivity index (χ3n) is 2.85. The average molecular weight is 290 g/mol. The van der Waals surface area contributed by atoms with Gasteiger partial charge in [0, 0.05) is 28.1 Å². The van der Waals surface area contributed by atoms with Gasteiger partial charge in [-0.15, -0.1) is 0 Å². The summed E-state index contributed by atoms with van der Waals surface area (Å²) in [5, 5.41) is 0. The largest absolute Gasteiger partial charge is 0.463 e. The fourth-order valence-electron chi connectivity index (χ4n) is 1.90. The Morgan fingerprint density at radius 3 is 1.78 bits per heavy atom. The first-order chi connectivity index (χ1) is 8.16. The number of esters is 1. The van der Waals surface area contributed by atoms with Gasteiger partial charge in [0.25, 0.3) is 0 Å². The fraction of sp³-hybridized carbons (Fsp3) is 0.933. The number of unbranched alkanes of at least 4 members (excludes halogenated alkanes) is 8. The second kappa shape index (κ2) is 15.2. The average Bonchev–Trinajstić information content (AvgIpc) is 2.26. The van der Waals surface area contributed by atoms with E-state index in [4.69, 9.17) is 4.74 Å². The molecule has 0 aliphatic carbocycles. The first kappa shape index (κ1) is 20.5. The Bertz CT molecular complexity index is 181. The van der Waals surface area contributed by atoms with E-state index in [-0.39, 0.29) is 33.8 Å². The topological polar surface area (TPSA) is 26.3 Å². The van der Waals surface area contributed by atoms with Crippen LogP contribution in [0.5, 0.6) is 0 Å². The Labute approximate surface area is 128 Å². The van der Waals surface area contributed by atoms with Gasteiger partial charge in [0.1, 0.15) is 0 Å². The van der Waals surface area contributed by atoms with Crippen LogP contribution in [0, 0.1) is 0 Å². The maximum atomic E-state index is 11.2. The quantitative estimate of drug-likeness (QED) is 0.309. The van der Waals surface area contributed by atoms with Crippen LogP contribution in [0.4, 0.5) is 0 Å². The third-order valence-corrected chi connectivity index (χ3v) is 2.85. The molecular weight excluding hydrogens is 260 g/mol. The van der Waals surface area contributed by atoms with Crippen molar-refractivity contribution in [3.63, 3.8) is 0 Å². The van der Waals surface area contributed by atoms with Gasteiger partial charge in [0.2, 0.25) is 0 Å². The van der Waals surface area contributed by atoms with Crippen molar-refractivity contribution in [2.45, 2.75) is 91.1 Å². The summed E-state index contributed by atoms with van der Waals surface area (Å²) in [7, 11) is 0. The number of hydrogen-bond donors (Lipinski definition) is 0. The fourth-order valence-corrected chi connectivity index (χ4v) is 1.90. The molecule has 0 unspecified atom stereocenters. The molecule has 0 amide bonds. The van der Waals surface area contributed by atoms with Crippen LogP contribution in [0.15, 0.2) is 0 Å². The van der Waals surface area contributed by atoms with Crippen molar-refractivity contribution in [2.75, 3.05) is 0 Å². The predicted molar refractivity (Wildman–Crippen MR) is 73.1 cm³/mol. The summed E-state index contributed by atoms with van der Waals surface area (Å²) in [6, 6.07) is 0. The molecule has 0 saturated heterocycles. The number of ether oxygens (including phenoxy) is 1. The normalized spacial score (nSPS) is 10.2. The molecule has 2 nitrogen and oxygen atoms in total. The summed E-state index contributed by atoms with van der Waals surface area (Å²) in [4.78, 5) is 11.2. The van der Waals surface area contributed by atoms with E-state index in [0.29, 0.717) is 6.42 Å². The van der Waals surface area contributed by atoms with E-state index in [2.05, 4.69) is 6.92 Å². The van der Waals surface area contributed by atoms with Crippen LogP contribution < -0.4 is 0 Å². The number of hydrogen-bond acceptors (Lipinski definition) is 2. The van der Waals surface area contributed by atoms with Gasteiger partial charge in [0.05, 0.1) is 6.10 Å². The second-order valence-corrected chi connectivity index (χ2v) is 5.12. The zero-order valence-electron chi connectivity index (χ0n) is 12.5. The van der Waals surface area contributed by atoms with Crippen molar-refractivity contribution >= 4 is 5.97 Å². The summed E-state index contributed by atoms with van der Waals surface area (Å²) in [6.07, 6.45) is 12.2. The van der Waals surface area contributed by atoms with Crippen molar-refractivity contribution in [3.05, 3.63) is 0 Å². The van der Waals surface area contributed by atoms with Gasteiger partial charge in [-0.05, 0) is 20.3 Å². The van der Waals surface area contributed by atoms with Crippen LogP contribution in [-0.4, -0.2) is 12.1 Å². The number of carbonyl (C=O) groups excluding carboxylic acids is 1. The first-order valence-corrected chi connectivity index (χ1v) is 7.36. The summed E-state index contributed by atoms with van der Waals surface area (Å²) >= 11 is 0. The number of carbonyl (C=O) groups is 1. The molecule has 0 atom stereocenters. The van der Waals surface area contributed by atoms with Gasteiger partial charge in [-0.1, -0.05) is 58.3 Å². The molecule has 0 radical (unpaired) electrons. The maximum Gasteiger partial charge on any atom is 0.306 e. The molecule has 0 fully saturated rings. The number of rotatable bonds is 11. The molecule has 0 bridgehead atoms. The molecule has 106 valence electrons. The molecule has 0 aromatic heterocycles. The van der Waals surface area contributed by atoms with E-state index < -0.39 is 0 Å². The van der Waals surface area contributed by atoms with Gasteiger partial charge in [-0.2, -0.15) is 0 Å². The second-order valence-electron chi connectivity index (χ2n) is 5.12. The molecular formula is C15H30O2Ti. The van der Waals surface area contributed by atoms with Gasteiger partial charge in [0.15, 0.2) is 0 Å². The molecule has 0 aliphatic heterocycles. The van der Waals surface area contributed by atoms with E-state index in [1.54, 1.807) is 0 Å². The Morgan fingerprint density at radius 2 is 1.33 bits per heavy atom. The smallest absolute Gasteiger partial charge is 0.306 e. The summed E-state index contributed by atoms with van der Waals surface area (Å²) in [6.45, 7) is 6.04. The zero-order chi connectivity index (χ0) is 12.9. The first-order valence-electron chi connectivity index (χ1n) is 7.36.